The average molecular weight is 368 g/mol. The molecule has 7 heteroatoms. The normalized spacial score (nSPS) is 12.2. The Morgan fingerprint density at radius 1 is 1.22 bits per heavy atom. The molecule has 1 heterocycles. The van der Waals surface area contributed by atoms with Crippen molar-refractivity contribution in [2.24, 2.45) is 0 Å². The zero-order valence-electron chi connectivity index (χ0n) is 14.0. The van der Waals surface area contributed by atoms with Gasteiger partial charge in [0.1, 0.15) is 0 Å². The van der Waals surface area contributed by atoms with Crippen LogP contribution in [-0.4, -0.2) is 27.1 Å². The molecule has 0 radical (unpaired) electrons. The van der Waals surface area contributed by atoms with Crippen LogP contribution < -0.4 is 5.32 Å². The number of nitrogens with zero attached hydrogens (tertiary/aromatic N) is 2. The van der Waals surface area contributed by atoms with Crippen LogP contribution in [0.25, 0.3) is 0 Å². The Hall–Kier alpha value is -1.05. The van der Waals surface area contributed by atoms with Crippen molar-refractivity contribution in [3.05, 3.63) is 28.8 Å². The summed E-state index contributed by atoms with van der Waals surface area (Å²) < 4.78 is 1.79. The van der Waals surface area contributed by atoms with E-state index in [1.54, 1.807) is 23.1 Å². The number of nitrogens with one attached hydrogen (secondary N) is 1. The molecule has 0 bridgehead atoms. The molecule has 0 spiro atoms. The largest absolute Gasteiger partial charge is 0.325 e. The van der Waals surface area contributed by atoms with Gasteiger partial charge in [0.2, 0.25) is 5.91 Å². The molecule has 1 aromatic heterocycles. The minimum absolute atomic E-state index is 0.00931. The van der Waals surface area contributed by atoms with Gasteiger partial charge in [-0.05, 0) is 44.6 Å². The molecule has 0 fully saturated rings. The van der Waals surface area contributed by atoms with Crippen LogP contribution >= 0.6 is 34.9 Å². The van der Waals surface area contributed by atoms with Gasteiger partial charge in [-0.1, -0.05) is 59.5 Å². The van der Waals surface area contributed by atoms with Gasteiger partial charge in [-0.25, -0.2) is 0 Å². The van der Waals surface area contributed by atoms with Gasteiger partial charge in [0, 0.05) is 5.69 Å². The lowest BCUT2D eigenvalue weighted by molar-refractivity contribution is -0.115. The minimum Gasteiger partial charge on any atom is -0.325 e. The molecule has 1 aromatic carbocycles. The SMILES string of the molecule is CCSc1nnc(SC(C)C(=O)Nc2c(C)cc(C)cc2C)s1. The predicted molar refractivity (Wildman–Crippen MR) is 101 cm³/mol. The van der Waals surface area contributed by atoms with Crippen LogP contribution in [-0.2, 0) is 4.79 Å². The van der Waals surface area contributed by atoms with Crippen LogP contribution in [0.5, 0.6) is 0 Å². The van der Waals surface area contributed by atoms with Gasteiger partial charge in [-0.2, -0.15) is 0 Å². The fraction of sp³-hybridized carbons (Fsp3) is 0.438. The summed E-state index contributed by atoms with van der Waals surface area (Å²) in [5, 5.41) is 11.1. The Morgan fingerprint density at radius 3 is 2.43 bits per heavy atom. The third-order valence-corrected chi connectivity index (χ3v) is 6.35. The zero-order valence-corrected chi connectivity index (χ0v) is 16.4. The number of anilines is 1. The summed E-state index contributed by atoms with van der Waals surface area (Å²) in [6, 6.07) is 4.17. The van der Waals surface area contributed by atoms with E-state index < -0.39 is 0 Å². The van der Waals surface area contributed by atoms with Gasteiger partial charge in [-0.3, -0.25) is 4.79 Å². The first-order chi connectivity index (χ1) is 10.9. The number of hydrogen-bond donors (Lipinski definition) is 1. The number of thioether (sulfide) groups is 2. The molecule has 2 rings (SSSR count). The molecule has 0 aliphatic heterocycles. The van der Waals surface area contributed by atoms with Crippen molar-refractivity contribution in [1.29, 1.82) is 0 Å². The van der Waals surface area contributed by atoms with Crippen molar-refractivity contribution in [1.82, 2.24) is 10.2 Å². The maximum absolute atomic E-state index is 12.5. The molecule has 0 saturated heterocycles. The highest BCUT2D eigenvalue weighted by molar-refractivity contribution is 8.03. The summed E-state index contributed by atoms with van der Waals surface area (Å²) in [4.78, 5) is 12.5. The third kappa shape index (κ3) is 4.96. The van der Waals surface area contributed by atoms with E-state index in [1.807, 2.05) is 20.8 Å². The Bertz CT molecular complexity index is 677. The highest BCUT2D eigenvalue weighted by Gasteiger charge is 2.18. The Kier molecular flexibility index (Phi) is 6.50. The first-order valence-corrected chi connectivity index (χ1v) is 10.1. The molecule has 124 valence electrons. The zero-order chi connectivity index (χ0) is 17.0. The number of aryl methyl sites for hydroxylation is 3. The van der Waals surface area contributed by atoms with E-state index in [2.05, 4.69) is 41.5 Å². The quantitative estimate of drug-likeness (QED) is 0.750. The van der Waals surface area contributed by atoms with Gasteiger partial charge in [0.15, 0.2) is 8.68 Å². The molecule has 1 unspecified atom stereocenters. The molecule has 23 heavy (non-hydrogen) atoms. The van der Waals surface area contributed by atoms with E-state index >= 15 is 0 Å². The van der Waals surface area contributed by atoms with Crippen LogP contribution in [0.15, 0.2) is 20.8 Å². The number of carbonyl (C=O) groups excluding carboxylic acids is 1. The van der Waals surface area contributed by atoms with Gasteiger partial charge in [-0.15, -0.1) is 10.2 Å². The van der Waals surface area contributed by atoms with Crippen LogP contribution in [0.4, 0.5) is 5.69 Å². The highest BCUT2D eigenvalue weighted by atomic mass is 32.2. The molecular formula is C16H21N3OS3. The van der Waals surface area contributed by atoms with Crippen molar-refractivity contribution in [3.63, 3.8) is 0 Å². The number of rotatable bonds is 6. The molecule has 1 amide bonds. The summed E-state index contributed by atoms with van der Waals surface area (Å²) in [7, 11) is 0. The summed E-state index contributed by atoms with van der Waals surface area (Å²) in [6.45, 7) is 10.1. The van der Waals surface area contributed by atoms with Gasteiger partial charge in [0.05, 0.1) is 5.25 Å². The lowest BCUT2D eigenvalue weighted by Gasteiger charge is -2.15. The van der Waals surface area contributed by atoms with E-state index in [-0.39, 0.29) is 11.2 Å². The van der Waals surface area contributed by atoms with E-state index in [0.717, 1.165) is 31.2 Å². The van der Waals surface area contributed by atoms with Crippen molar-refractivity contribution < 1.29 is 4.79 Å². The van der Waals surface area contributed by atoms with Crippen LogP contribution in [0.1, 0.15) is 30.5 Å². The van der Waals surface area contributed by atoms with E-state index in [1.165, 1.54) is 17.3 Å². The number of carbonyl (C=O) groups is 1. The fourth-order valence-corrected chi connectivity index (χ4v) is 5.29. The second kappa shape index (κ2) is 8.17. The Balaban J connectivity index is 2.02. The van der Waals surface area contributed by atoms with Crippen LogP contribution in [0.2, 0.25) is 0 Å². The molecule has 0 saturated carbocycles. The molecule has 0 aliphatic rings. The number of aromatic nitrogens is 2. The molecule has 1 N–H and O–H groups in total. The maximum atomic E-state index is 12.5. The number of hydrogen-bond acceptors (Lipinski definition) is 6. The van der Waals surface area contributed by atoms with Crippen molar-refractivity contribution in [2.45, 2.75) is 48.5 Å². The molecule has 4 nitrogen and oxygen atoms in total. The first kappa shape index (κ1) is 18.3. The average Bonchev–Trinajstić information content (AvgIpc) is 2.90. The number of amides is 1. The van der Waals surface area contributed by atoms with Gasteiger partial charge < -0.3 is 5.32 Å². The topological polar surface area (TPSA) is 54.9 Å². The Morgan fingerprint density at radius 2 is 1.83 bits per heavy atom. The van der Waals surface area contributed by atoms with Gasteiger partial charge >= 0.3 is 0 Å². The second-order valence-corrected chi connectivity index (χ2v) is 9.37. The summed E-state index contributed by atoms with van der Waals surface area (Å²) >= 11 is 4.66. The van der Waals surface area contributed by atoms with E-state index in [4.69, 9.17) is 0 Å². The highest BCUT2D eigenvalue weighted by Crippen LogP contribution is 2.32. The van der Waals surface area contributed by atoms with Crippen LogP contribution in [0, 0.1) is 20.8 Å². The van der Waals surface area contributed by atoms with Crippen molar-refractivity contribution >= 4 is 46.5 Å². The third-order valence-electron chi connectivity index (χ3n) is 3.23. The minimum atomic E-state index is -0.220. The summed E-state index contributed by atoms with van der Waals surface area (Å²) in [6.07, 6.45) is 0. The van der Waals surface area contributed by atoms with Gasteiger partial charge in [0.25, 0.3) is 0 Å². The van der Waals surface area contributed by atoms with Crippen molar-refractivity contribution in [2.75, 3.05) is 11.1 Å². The van der Waals surface area contributed by atoms with E-state index in [0.29, 0.717) is 0 Å². The maximum Gasteiger partial charge on any atom is 0.237 e. The summed E-state index contributed by atoms with van der Waals surface area (Å²) in [5.41, 5.74) is 4.29. The lowest BCUT2D eigenvalue weighted by atomic mass is 10.1. The smallest absolute Gasteiger partial charge is 0.237 e. The monoisotopic (exact) mass is 367 g/mol. The number of benzene rings is 1. The Labute approximate surface area is 149 Å². The molecule has 2 aromatic rings. The van der Waals surface area contributed by atoms with Crippen molar-refractivity contribution in [3.8, 4) is 0 Å². The lowest BCUT2D eigenvalue weighted by Crippen LogP contribution is -2.23. The second-order valence-electron chi connectivity index (χ2n) is 5.29. The molecule has 0 aliphatic carbocycles. The van der Waals surface area contributed by atoms with E-state index in [9.17, 15) is 4.79 Å². The molecule has 1 atom stereocenters. The van der Waals surface area contributed by atoms with Crippen LogP contribution in [0.3, 0.4) is 0 Å². The predicted octanol–water partition coefficient (Wildman–Crippen LogP) is 4.69. The summed E-state index contributed by atoms with van der Waals surface area (Å²) in [5.74, 6) is 0.964. The fourth-order valence-electron chi connectivity index (χ4n) is 2.23. The first-order valence-electron chi connectivity index (χ1n) is 7.42. The molecular weight excluding hydrogens is 346 g/mol. The standard InChI is InChI=1S/C16H21N3OS3/c1-6-21-15-18-19-16(23-15)22-12(5)14(20)17-13-10(3)7-9(2)8-11(13)4/h7-8,12H,6H2,1-5H3,(H,17,20).